The summed E-state index contributed by atoms with van der Waals surface area (Å²) in [5, 5.41) is 2.93. The van der Waals surface area contributed by atoms with E-state index in [9.17, 15) is 13.2 Å². The zero-order chi connectivity index (χ0) is 20.7. The molecule has 8 heteroatoms. The highest BCUT2D eigenvalue weighted by Gasteiger charge is 2.36. The molecule has 2 fully saturated rings. The Morgan fingerprint density at radius 1 is 1.18 bits per heavy atom. The summed E-state index contributed by atoms with van der Waals surface area (Å²) in [6, 6.07) is -0.703. The van der Waals surface area contributed by atoms with Gasteiger partial charge in [0.05, 0.1) is 25.0 Å². The highest BCUT2D eigenvalue weighted by atomic mass is 32.2. The maximum Gasteiger partial charge on any atom is 0.317 e. The summed E-state index contributed by atoms with van der Waals surface area (Å²) < 4.78 is 32.6. The van der Waals surface area contributed by atoms with Crippen molar-refractivity contribution in [1.82, 2.24) is 14.9 Å². The zero-order valence-corrected chi connectivity index (χ0v) is 18.8. The lowest BCUT2D eigenvalue weighted by Gasteiger charge is -2.42. The van der Waals surface area contributed by atoms with Crippen LogP contribution in [0.1, 0.15) is 65.7 Å². The Labute approximate surface area is 171 Å². The molecule has 1 aliphatic carbocycles. The Kier molecular flexibility index (Phi) is 9.02. The molecule has 0 radical (unpaired) electrons. The molecule has 0 aromatic heterocycles. The Balaban J connectivity index is 2.00. The van der Waals surface area contributed by atoms with E-state index in [0.29, 0.717) is 25.6 Å². The molecule has 28 heavy (non-hydrogen) atoms. The van der Waals surface area contributed by atoms with Gasteiger partial charge < -0.3 is 15.0 Å². The molecule has 0 aromatic carbocycles. The van der Waals surface area contributed by atoms with Gasteiger partial charge in [-0.05, 0) is 56.8 Å². The van der Waals surface area contributed by atoms with Crippen molar-refractivity contribution in [2.75, 3.05) is 26.0 Å². The number of amides is 2. The van der Waals surface area contributed by atoms with Crippen LogP contribution in [0.25, 0.3) is 0 Å². The van der Waals surface area contributed by atoms with Gasteiger partial charge in [-0.2, -0.15) is 0 Å². The van der Waals surface area contributed by atoms with Gasteiger partial charge in [0.15, 0.2) is 0 Å². The average molecular weight is 418 g/mol. The molecule has 1 saturated heterocycles. The van der Waals surface area contributed by atoms with Crippen LogP contribution in [-0.4, -0.2) is 63.5 Å². The van der Waals surface area contributed by atoms with Crippen molar-refractivity contribution in [1.29, 1.82) is 0 Å². The van der Waals surface area contributed by atoms with E-state index >= 15 is 0 Å². The molecule has 1 heterocycles. The molecule has 0 bridgehead atoms. The van der Waals surface area contributed by atoms with E-state index in [1.165, 1.54) is 19.1 Å². The van der Waals surface area contributed by atoms with Crippen LogP contribution in [-0.2, 0) is 14.8 Å². The monoisotopic (exact) mass is 417 g/mol. The highest BCUT2D eigenvalue weighted by molar-refractivity contribution is 7.88. The quantitative estimate of drug-likeness (QED) is 0.636. The standard InChI is InChI=1S/C20H39N3O4S/c1-5-12-21-20(24)23-13-6-7-18(22-28(4,25)26)19(23)14-27-17-10-8-16(9-11-17)15(2)3/h15-19,22H,5-14H2,1-4H3,(H,21,24)/t16?,17?,18-,19-/m1/s1. The molecule has 1 saturated carbocycles. The molecule has 164 valence electrons. The Morgan fingerprint density at radius 2 is 1.86 bits per heavy atom. The number of hydrogen-bond acceptors (Lipinski definition) is 4. The molecule has 2 aliphatic rings. The molecule has 2 rings (SSSR count). The number of carbonyl (C=O) groups excluding carboxylic acids is 1. The lowest BCUT2D eigenvalue weighted by Crippen LogP contribution is -2.60. The molecular formula is C20H39N3O4S. The average Bonchev–Trinajstić information content (AvgIpc) is 2.64. The second kappa shape index (κ2) is 10.8. The van der Waals surface area contributed by atoms with E-state index in [1.807, 2.05) is 6.92 Å². The van der Waals surface area contributed by atoms with Crippen molar-refractivity contribution in [2.24, 2.45) is 11.8 Å². The number of likely N-dealkylation sites (tertiary alicyclic amines) is 1. The van der Waals surface area contributed by atoms with Crippen LogP contribution in [0.4, 0.5) is 4.79 Å². The van der Waals surface area contributed by atoms with Gasteiger partial charge in [0, 0.05) is 19.1 Å². The van der Waals surface area contributed by atoms with E-state index in [0.717, 1.165) is 38.0 Å². The first-order chi connectivity index (χ1) is 13.2. The summed E-state index contributed by atoms with van der Waals surface area (Å²) in [6.07, 6.45) is 8.19. The van der Waals surface area contributed by atoms with E-state index in [2.05, 4.69) is 23.9 Å². The van der Waals surface area contributed by atoms with E-state index in [4.69, 9.17) is 4.74 Å². The molecule has 2 atom stereocenters. The van der Waals surface area contributed by atoms with E-state index in [-0.39, 0.29) is 24.2 Å². The zero-order valence-electron chi connectivity index (χ0n) is 17.9. The van der Waals surface area contributed by atoms with Gasteiger partial charge in [-0.25, -0.2) is 17.9 Å². The fourth-order valence-electron chi connectivity index (χ4n) is 4.42. The van der Waals surface area contributed by atoms with Gasteiger partial charge in [0.1, 0.15) is 0 Å². The van der Waals surface area contributed by atoms with Crippen molar-refractivity contribution in [3.05, 3.63) is 0 Å². The Morgan fingerprint density at radius 3 is 2.43 bits per heavy atom. The summed E-state index contributed by atoms with van der Waals surface area (Å²) in [6.45, 7) is 8.20. The van der Waals surface area contributed by atoms with Crippen molar-refractivity contribution < 1.29 is 17.9 Å². The SMILES string of the molecule is CCCNC(=O)N1CCC[C@@H](NS(C)(=O)=O)[C@H]1COC1CCC(C(C)C)CC1. The summed E-state index contributed by atoms with van der Waals surface area (Å²) in [4.78, 5) is 14.4. The Bertz CT molecular complexity index is 588. The summed E-state index contributed by atoms with van der Waals surface area (Å²) in [5.41, 5.74) is 0. The fraction of sp³-hybridized carbons (Fsp3) is 0.950. The first-order valence-corrected chi connectivity index (χ1v) is 12.7. The lowest BCUT2D eigenvalue weighted by atomic mass is 9.80. The van der Waals surface area contributed by atoms with Crippen LogP contribution < -0.4 is 10.0 Å². The van der Waals surface area contributed by atoms with Gasteiger partial charge in [0.25, 0.3) is 0 Å². The number of urea groups is 1. The third-order valence-corrected chi connectivity index (χ3v) is 6.83. The van der Waals surface area contributed by atoms with Crippen LogP contribution >= 0.6 is 0 Å². The van der Waals surface area contributed by atoms with Crippen molar-refractivity contribution in [3.63, 3.8) is 0 Å². The second-order valence-corrected chi connectivity index (χ2v) is 10.5. The van der Waals surface area contributed by atoms with Crippen LogP contribution in [0, 0.1) is 11.8 Å². The number of ether oxygens (including phenoxy) is 1. The van der Waals surface area contributed by atoms with Gasteiger partial charge in [-0.1, -0.05) is 20.8 Å². The van der Waals surface area contributed by atoms with Crippen LogP contribution in [0.3, 0.4) is 0 Å². The van der Waals surface area contributed by atoms with Crippen molar-refractivity contribution in [2.45, 2.75) is 83.9 Å². The molecule has 7 nitrogen and oxygen atoms in total. The minimum atomic E-state index is -3.35. The third-order valence-electron chi connectivity index (χ3n) is 6.10. The van der Waals surface area contributed by atoms with E-state index < -0.39 is 10.0 Å². The van der Waals surface area contributed by atoms with Gasteiger partial charge in [-0.15, -0.1) is 0 Å². The largest absolute Gasteiger partial charge is 0.376 e. The van der Waals surface area contributed by atoms with Gasteiger partial charge in [0.2, 0.25) is 10.0 Å². The van der Waals surface area contributed by atoms with E-state index in [1.54, 1.807) is 4.90 Å². The number of piperidine rings is 1. The molecule has 0 aromatic rings. The summed E-state index contributed by atoms with van der Waals surface area (Å²) in [7, 11) is -3.35. The molecule has 0 unspecified atom stereocenters. The molecule has 0 spiro atoms. The summed E-state index contributed by atoms with van der Waals surface area (Å²) >= 11 is 0. The topological polar surface area (TPSA) is 87.7 Å². The number of rotatable bonds is 8. The van der Waals surface area contributed by atoms with Crippen LogP contribution in [0.15, 0.2) is 0 Å². The number of carbonyl (C=O) groups is 1. The van der Waals surface area contributed by atoms with Gasteiger partial charge >= 0.3 is 6.03 Å². The second-order valence-electron chi connectivity index (χ2n) is 8.75. The number of nitrogens with zero attached hydrogens (tertiary/aromatic N) is 1. The molecule has 1 aliphatic heterocycles. The smallest absolute Gasteiger partial charge is 0.317 e. The van der Waals surface area contributed by atoms with Crippen LogP contribution in [0.2, 0.25) is 0 Å². The predicted molar refractivity (Wildman–Crippen MR) is 112 cm³/mol. The molecule has 2 amide bonds. The maximum atomic E-state index is 12.6. The third kappa shape index (κ3) is 7.19. The lowest BCUT2D eigenvalue weighted by molar-refractivity contribution is -0.0240. The molecule has 2 N–H and O–H groups in total. The number of sulfonamides is 1. The minimum absolute atomic E-state index is 0.126. The van der Waals surface area contributed by atoms with Crippen LogP contribution in [0.5, 0.6) is 0 Å². The Hall–Kier alpha value is -0.860. The predicted octanol–water partition coefficient (Wildman–Crippen LogP) is 2.72. The van der Waals surface area contributed by atoms with Gasteiger partial charge in [-0.3, -0.25) is 0 Å². The first-order valence-electron chi connectivity index (χ1n) is 10.8. The number of hydrogen-bond donors (Lipinski definition) is 2. The fourth-order valence-corrected chi connectivity index (χ4v) is 5.24. The van der Waals surface area contributed by atoms with Crippen molar-refractivity contribution >= 4 is 16.1 Å². The maximum absolute atomic E-state index is 12.6. The molecular weight excluding hydrogens is 378 g/mol. The highest BCUT2D eigenvalue weighted by Crippen LogP contribution is 2.31. The number of nitrogens with one attached hydrogen (secondary N) is 2. The first kappa shape index (κ1) is 23.4. The summed E-state index contributed by atoms with van der Waals surface area (Å²) in [5.74, 6) is 1.48. The van der Waals surface area contributed by atoms with Crippen molar-refractivity contribution in [3.8, 4) is 0 Å². The normalized spacial score (nSPS) is 29.1. The minimum Gasteiger partial charge on any atom is -0.376 e.